The summed E-state index contributed by atoms with van der Waals surface area (Å²) >= 11 is 7.47. The third-order valence-corrected chi connectivity index (χ3v) is 5.34. The van der Waals surface area contributed by atoms with Crippen LogP contribution in [0.5, 0.6) is 0 Å². The normalized spacial score (nSPS) is 11.2. The third kappa shape index (κ3) is 2.99. The molecule has 0 unspecified atom stereocenters. The molecule has 0 saturated heterocycles. The Kier molecular flexibility index (Phi) is 3.94. The minimum absolute atomic E-state index is 0.393. The molecule has 0 spiro atoms. The first-order valence-corrected chi connectivity index (χ1v) is 9.04. The molecule has 0 aliphatic heterocycles. The molecule has 0 N–H and O–H groups in total. The van der Waals surface area contributed by atoms with Gasteiger partial charge >= 0.3 is 5.63 Å². The number of hydrogen-bond acceptors (Lipinski definition) is 4. The summed E-state index contributed by atoms with van der Waals surface area (Å²) in [5.74, 6) is 0. The lowest BCUT2D eigenvalue weighted by molar-refractivity contribution is 0.563. The van der Waals surface area contributed by atoms with Crippen LogP contribution in [0.2, 0.25) is 5.02 Å². The van der Waals surface area contributed by atoms with Crippen molar-refractivity contribution in [3.05, 3.63) is 74.4 Å². The maximum absolute atomic E-state index is 12.3. The molecule has 2 aromatic carbocycles. The van der Waals surface area contributed by atoms with E-state index in [-0.39, 0.29) is 0 Å². The lowest BCUT2D eigenvalue weighted by Crippen LogP contribution is -2.02. The van der Waals surface area contributed by atoms with E-state index >= 15 is 0 Å². The van der Waals surface area contributed by atoms with Crippen molar-refractivity contribution in [1.29, 1.82) is 0 Å². The highest BCUT2D eigenvalue weighted by Gasteiger charge is 2.13. The molecular weight excluding hydrogens is 354 g/mol. The van der Waals surface area contributed by atoms with E-state index in [4.69, 9.17) is 16.0 Å². The van der Waals surface area contributed by atoms with E-state index in [1.807, 2.05) is 11.4 Å². The van der Waals surface area contributed by atoms with Crippen molar-refractivity contribution in [3.63, 3.8) is 0 Å². The van der Waals surface area contributed by atoms with E-state index in [2.05, 4.69) is 31.0 Å². The number of hydrogen-bond donors (Lipinski definition) is 0. The molecule has 3 nitrogen and oxygen atoms in total. The van der Waals surface area contributed by atoms with Crippen LogP contribution < -0.4 is 5.63 Å². The van der Waals surface area contributed by atoms with Crippen molar-refractivity contribution in [2.45, 2.75) is 13.8 Å². The van der Waals surface area contributed by atoms with Crippen LogP contribution in [-0.2, 0) is 0 Å². The van der Waals surface area contributed by atoms with Crippen LogP contribution in [0.3, 0.4) is 0 Å². The van der Waals surface area contributed by atoms with Gasteiger partial charge in [-0.1, -0.05) is 23.7 Å². The van der Waals surface area contributed by atoms with Gasteiger partial charge in [0.05, 0.1) is 11.3 Å². The van der Waals surface area contributed by atoms with Gasteiger partial charge < -0.3 is 4.42 Å². The Morgan fingerprint density at radius 1 is 1.04 bits per heavy atom. The Balaban J connectivity index is 1.82. The molecule has 4 aromatic rings. The summed E-state index contributed by atoms with van der Waals surface area (Å²) < 4.78 is 5.40. The van der Waals surface area contributed by atoms with Crippen LogP contribution in [0.15, 0.2) is 57.1 Å². The Morgan fingerprint density at radius 2 is 1.88 bits per heavy atom. The molecule has 2 heterocycles. The number of fused-ring (bicyclic) bond motifs is 1. The molecule has 0 radical (unpaired) electrons. The van der Waals surface area contributed by atoms with Gasteiger partial charge in [-0.3, -0.25) is 0 Å². The molecule has 0 amide bonds. The summed E-state index contributed by atoms with van der Waals surface area (Å²) in [6.45, 7) is 4.16. The number of aromatic nitrogens is 1. The van der Waals surface area contributed by atoms with Crippen molar-refractivity contribution >= 4 is 33.9 Å². The summed E-state index contributed by atoms with van der Waals surface area (Å²) in [5, 5.41) is 3.98. The highest BCUT2D eigenvalue weighted by Crippen LogP contribution is 2.30. The predicted molar refractivity (Wildman–Crippen MR) is 104 cm³/mol. The highest BCUT2D eigenvalue weighted by molar-refractivity contribution is 7.13. The van der Waals surface area contributed by atoms with Gasteiger partial charge in [0, 0.05) is 21.4 Å². The number of rotatable bonds is 2. The van der Waals surface area contributed by atoms with Crippen LogP contribution in [0, 0.1) is 13.8 Å². The minimum Gasteiger partial charge on any atom is -0.422 e. The minimum atomic E-state index is -0.393. The van der Waals surface area contributed by atoms with Gasteiger partial charge in [0.15, 0.2) is 0 Å². The second-order valence-electron chi connectivity index (χ2n) is 5.97. The largest absolute Gasteiger partial charge is 0.422 e. The van der Waals surface area contributed by atoms with Gasteiger partial charge in [-0.2, -0.15) is 0 Å². The van der Waals surface area contributed by atoms with Gasteiger partial charge in [-0.15, -0.1) is 11.3 Å². The summed E-state index contributed by atoms with van der Waals surface area (Å²) in [6.07, 6.45) is 0. The highest BCUT2D eigenvalue weighted by atomic mass is 35.5. The van der Waals surface area contributed by atoms with Gasteiger partial charge in [0.2, 0.25) is 0 Å². The van der Waals surface area contributed by atoms with Crippen LogP contribution in [0.25, 0.3) is 32.8 Å². The van der Waals surface area contributed by atoms with Crippen molar-refractivity contribution in [3.8, 4) is 21.8 Å². The fourth-order valence-corrected chi connectivity index (χ4v) is 3.69. The molecule has 2 aromatic heterocycles. The number of aryl methyl sites for hydroxylation is 2. The first-order valence-electron chi connectivity index (χ1n) is 7.78. The van der Waals surface area contributed by atoms with Crippen molar-refractivity contribution in [2.24, 2.45) is 0 Å². The van der Waals surface area contributed by atoms with Gasteiger partial charge in [-0.25, -0.2) is 9.78 Å². The molecule has 0 atom stereocenters. The zero-order valence-electron chi connectivity index (χ0n) is 13.7. The van der Waals surface area contributed by atoms with E-state index < -0.39 is 5.63 Å². The summed E-state index contributed by atoms with van der Waals surface area (Å²) in [6, 6.07) is 13.2. The topological polar surface area (TPSA) is 43.1 Å². The molecular formula is C20H14ClNO2S. The molecule has 25 heavy (non-hydrogen) atoms. The first-order chi connectivity index (χ1) is 12.0. The third-order valence-electron chi connectivity index (χ3n) is 4.23. The molecule has 4 rings (SSSR count). The van der Waals surface area contributed by atoms with E-state index in [0.29, 0.717) is 21.2 Å². The number of benzene rings is 2. The zero-order chi connectivity index (χ0) is 17.6. The molecule has 0 aliphatic carbocycles. The van der Waals surface area contributed by atoms with Crippen molar-refractivity contribution in [1.82, 2.24) is 4.98 Å². The lowest BCUT2D eigenvalue weighted by Gasteiger charge is -2.02. The quantitative estimate of drug-likeness (QED) is 0.417. The predicted octanol–water partition coefficient (Wildman–Crippen LogP) is 5.85. The van der Waals surface area contributed by atoms with E-state index in [1.54, 1.807) is 24.3 Å². The Hall–Kier alpha value is -2.43. The van der Waals surface area contributed by atoms with Crippen LogP contribution in [0.1, 0.15) is 11.1 Å². The van der Waals surface area contributed by atoms with Gasteiger partial charge in [0.1, 0.15) is 10.6 Å². The molecule has 0 saturated carbocycles. The number of halogens is 1. The molecule has 0 aliphatic rings. The Morgan fingerprint density at radius 3 is 2.68 bits per heavy atom. The average molecular weight is 368 g/mol. The Bertz CT molecular complexity index is 1160. The maximum atomic E-state index is 12.3. The molecule has 124 valence electrons. The van der Waals surface area contributed by atoms with Crippen molar-refractivity contribution in [2.75, 3.05) is 0 Å². The summed E-state index contributed by atoms with van der Waals surface area (Å²) in [7, 11) is 0. The maximum Gasteiger partial charge on any atom is 0.346 e. The fraction of sp³-hybridized carbons (Fsp3) is 0.100. The number of thiazole rings is 1. The SMILES string of the molecule is Cc1ccc(-c2csc(-c3cc4cc(Cl)ccc4oc3=O)n2)cc1C. The van der Waals surface area contributed by atoms with Crippen LogP contribution in [0.4, 0.5) is 0 Å². The average Bonchev–Trinajstić information content (AvgIpc) is 3.07. The molecule has 0 fully saturated rings. The monoisotopic (exact) mass is 367 g/mol. The fourth-order valence-electron chi connectivity index (χ4n) is 2.67. The van der Waals surface area contributed by atoms with Gasteiger partial charge in [-0.05, 0) is 55.3 Å². The van der Waals surface area contributed by atoms with Gasteiger partial charge in [0.25, 0.3) is 0 Å². The van der Waals surface area contributed by atoms with E-state index in [0.717, 1.165) is 16.6 Å². The standard InChI is InChI=1S/C20H14ClNO2S/c1-11-3-4-13(7-12(11)2)17-10-25-19(22-17)16-9-14-8-15(21)5-6-18(14)24-20(16)23/h3-10H,1-2H3. The number of nitrogens with zero attached hydrogens (tertiary/aromatic N) is 1. The van der Waals surface area contributed by atoms with Crippen LogP contribution in [-0.4, -0.2) is 4.98 Å². The second kappa shape index (κ2) is 6.14. The molecule has 5 heteroatoms. The first kappa shape index (κ1) is 16.1. The van der Waals surface area contributed by atoms with E-state index in [9.17, 15) is 4.79 Å². The van der Waals surface area contributed by atoms with Crippen molar-refractivity contribution < 1.29 is 4.42 Å². The second-order valence-corrected chi connectivity index (χ2v) is 7.26. The Labute approximate surface area is 153 Å². The van der Waals surface area contributed by atoms with E-state index in [1.165, 1.54) is 22.5 Å². The summed E-state index contributed by atoms with van der Waals surface area (Å²) in [4.78, 5) is 17.0. The smallest absolute Gasteiger partial charge is 0.346 e. The summed E-state index contributed by atoms with van der Waals surface area (Å²) in [5.41, 5.74) is 4.93. The lowest BCUT2D eigenvalue weighted by atomic mass is 10.1. The van der Waals surface area contributed by atoms with Crippen LogP contribution >= 0.6 is 22.9 Å². The zero-order valence-corrected chi connectivity index (χ0v) is 15.2. The molecule has 0 bridgehead atoms.